The summed E-state index contributed by atoms with van der Waals surface area (Å²) in [6.07, 6.45) is 4.31. The van der Waals surface area contributed by atoms with E-state index in [0.717, 1.165) is 25.8 Å². The number of aliphatic hydroxyl groups excluding tert-OH is 2. The van der Waals surface area contributed by atoms with Gasteiger partial charge in [0.1, 0.15) is 28.7 Å². The molecular weight excluding hydrogens is 545 g/mol. The molecule has 0 aromatic heterocycles. The van der Waals surface area contributed by atoms with Crippen LogP contribution in [0.1, 0.15) is 62.6 Å². The van der Waals surface area contributed by atoms with Gasteiger partial charge in [-0.15, -0.1) is 0 Å². The van der Waals surface area contributed by atoms with E-state index in [9.17, 15) is 34.8 Å². The third kappa shape index (κ3) is 4.27. The monoisotopic (exact) mass is 585 g/mol. The van der Waals surface area contributed by atoms with Gasteiger partial charge in [-0.3, -0.25) is 24.2 Å². The largest absolute Gasteiger partial charge is 0.508 e. The maximum absolute atomic E-state index is 16.2. The number of phenolic OH excluding ortho intramolecular Hbond substituents is 1. The summed E-state index contributed by atoms with van der Waals surface area (Å²) >= 11 is 0. The van der Waals surface area contributed by atoms with Crippen LogP contribution in [0.4, 0.5) is 4.39 Å². The molecule has 11 heteroatoms. The average Bonchev–Trinajstić information content (AvgIpc) is 2.89. The first-order chi connectivity index (χ1) is 19.7. The van der Waals surface area contributed by atoms with Gasteiger partial charge in [-0.1, -0.05) is 20.3 Å². The summed E-state index contributed by atoms with van der Waals surface area (Å²) in [7, 11) is 3.06. The van der Waals surface area contributed by atoms with Crippen LogP contribution in [0.3, 0.4) is 0 Å². The second kappa shape index (κ2) is 10.5. The van der Waals surface area contributed by atoms with Crippen molar-refractivity contribution >= 4 is 23.2 Å². The van der Waals surface area contributed by atoms with Gasteiger partial charge in [-0.2, -0.15) is 0 Å². The number of rotatable bonds is 8. The summed E-state index contributed by atoms with van der Waals surface area (Å²) < 4.78 is 16.2. The van der Waals surface area contributed by atoms with Crippen LogP contribution in [-0.2, 0) is 27.3 Å². The van der Waals surface area contributed by atoms with Crippen molar-refractivity contribution in [2.24, 2.45) is 23.0 Å². The van der Waals surface area contributed by atoms with E-state index < -0.39 is 69.6 Å². The fraction of sp³-hybridized carbons (Fsp3) is 0.581. The minimum atomic E-state index is -2.73. The second-order valence-corrected chi connectivity index (χ2v) is 12.7. The van der Waals surface area contributed by atoms with Gasteiger partial charge >= 0.3 is 0 Å². The molecule has 0 spiro atoms. The molecule has 0 heterocycles. The Balaban J connectivity index is 1.58. The van der Waals surface area contributed by atoms with Crippen LogP contribution in [-0.4, -0.2) is 86.5 Å². The third-order valence-corrected chi connectivity index (χ3v) is 10.3. The number of hydrogen-bond acceptors (Lipinski definition) is 9. The van der Waals surface area contributed by atoms with Crippen LogP contribution < -0.4 is 5.73 Å². The lowest BCUT2D eigenvalue weighted by Gasteiger charge is -2.50. The minimum absolute atomic E-state index is 0.0560. The van der Waals surface area contributed by atoms with Gasteiger partial charge < -0.3 is 26.2 Å². The number of nitrogens with zero attached hydrogens (tertiary/aromatic N) is 2. The van der Waals surface area contributed by atoms with Crippen molar-refractivity contribution in [2.45, 2.75) is 70.6 Å². The summed E-state index contributed by atoms with van der Waals surface area (Å²) in [6, 6.07) is 0.0738. The first kappa shape index (κ1) is 30.2. The van der Waals surface area contributed by atoms with E-state index in [0.29, 0.717) is 6.54 Å². The van der Waals surface area contributed by atoms with Gasteiger partial charge in [0.25, 0.3) is 5.91 Å². The highest BCUT2D eigenvalue weighted by Gasteiger charge is 2.64. The standard InChI is InChI=1S/C31H40FN3O7/c1-5-30(8-7-9-30)14-35(6-2)13-16-12-19(36)21-17(23(16)32)10-15-11-18-24(34(3)4)26(38)22(29(33)41)28(40)31(18,42)27(39)20(15)25(21)37/h12,15,18,24,36-37,40,42H,5-11,13-14H2,1-4H3,(H2,33,41)/t15-,18-,24-,31-/m0/s1. The van der Waals surface area contributed by atoms with Crippen LogP contribution >= 0.6 is 0 Å². The molecule has 228 valence electrons. The number of carbonyl (C=O) groups is 3. The Morgan fingerprint density at radius 2 is 1.83 bits per heavy atom. The molecule has 1 aromatic carbocycles. The first-order valence-corrected chi connectivity index (χ1v) is 14.6. The van der Waals surface area contributed by atoms with Crippen LogP contribution in [0.5, 0.6) is 5.75 Å². The molecule has 4 atom stereocenters. The number of nitrogens with two attached hydrogens (primary N) is 1. The number of fused-ring (bicyclic) bond motifs is 3. The Labute approximate surface area is 244 Å². The predicted octanol–water partition coefficient (Wildman–Crippen LogP) is 2.51. The Morgan fingerprint density at radius 1 is 1.17 bits per heavy atom. The maximum atomic E-state index is 16.2. The summed E-state index contributed by atoms with van der Waals surface area (Å²) in [5, 5.41) is 44.9. The molecule has 2 saturated carbocycles. The molecular formula is C31H40FN3O7. The molecule has 0 aliphatic heterocycles. The van der Waals surface area contributed by atoms with Gasteiger partial charge in [-0.25, -0.2) is 4.39 Å². The number of halogens is 1. The highest BCUT2D eigenvalue weighted by Crippen LogP contribution is 2.53. The number of aliphatic hydroxyl groups is 3. The number of Topliss-reactive ketones (excluding diaryl/α,β-unsaturated/α-hetero) is 2. The van der Waals surface area contributed by atoms with E-state index in [1.54, 1.807) is 0 Å². The number of phenols is 1. The minimum Gasteiger partial charge on any atom is -0.508 e. The van der Waals surface area contributed by atoms with E-state index in [1.807, 2.05) is 6.92 Å². The normalized spacial score (nSPS) is 28.5. The molecule has 10 nitrogen and oxygen atoms in total. The van der Waals surface area contributed by atoms with E-state index in [4.69, 9.17) is 5.73 Å². The van der Waals surface area contributed by atoms with Crippen molar-refractivity contribution < 1.29 is 39.2 Å². The zero-order valence-corrected chi connectivity index (χ0v) is 24.5. The zero-order chi connectivity index (χ0) is 30.9. The zero-order valence-electron chi connectivity index (χ0n) is 24.5. The third-order valence-electron chi connectivity index (χ3n) is 10.3. The molecule has 0 unspecified atom stereocenters. The molecule has 6 N–H and O–H groups in total. The van der Waals surface area contributed by atoms with E-state index in [-0.39, 0.29) is 47.1 Å². The van der Waals surface area contributed by atoms with E-state index in [2.05, 4.69) is 11.8 Å². The Morgan fingerprint density at radius 3 is 2.36 bits per heavy atom. The van der Waals surface area contributed by atoms with Gasteiger partial charge in [0, 0.05) is 35.7 Å². The molecule has 5 rings (SSSR count). The fourth-order valence-electron chi connectivity index (χ4n) is 7.76. The number of hydrogen-bond donors (Lipinski definition) is 5. The number of benzene rings is 1. The smallest absolute Gasteiger partial charge is 0.255 e. The number of primary amides is 1. The van der Waals surface area contributed by atoms with Crippen LogP contribution in [0.2, 0.25) is 0 Å². The highest BCUT2D eigenvalue weighted by atomic mass is 19.1. The predicted molar refractivity (Wildman–Crippen MR) is 152 cm³/mol. The molecule has 2 fully saturated rings. The summed E-state index contributed by atoms with van der Waals surface area (Å²) in [4.78, 5) is 42.8. The second-order valence-electron chi connectivity index (χ2n) is 12.7. The van der Waals surface area contributed by atoms with Crippen molar-refractivity contribution in [3.8, 4) is 5.75 Å². The summed E-state index contributed by atoms with van der Waals surface area (Å²) in [5.74, 6) is -8.11. The van der Waals surface area contributed by atoms with Crippen molar-refractivity contribution in [3.63, 3.8) is 0 Å². The molecule has 0 radical (unpaired) electrons. The lowest BCUT2D eigenvalue weighted by Crippen LogP contribution is -2.65. The van der Waals surface area contributed by atoms with Crippen LogP contribution in [0.15, 0.2) is 23.0 Å². The lowest BCUT2D eigenvalue weighted by molar-refractivity contribution is -0.153. The van der Waals surface area contributed by atoms with E-state index >= 15 is 4.39 Å². The topological polar surface area (TPSA) is 165 Å². The van der Waals surface area contributed by atoms with Crippen LogP contribution in [0, 0.1) is 23.1 Å². The van der Waals surface area contributed by atoms with Gasteiger partial charge in [0.2, 0.25) is 5.78 Å². The number of carbonyl (C=O) groups excluding carboxylic acids is 3. The quantitative estimate of drug-likeness (QED) is 0.288. The average molecular weight is 586 g/mol. The fourth-order valence-corrected chi connectivity index (χ4v) is 7.76. The molecule has 4 aliphatic carbocycles. The Hall–Kier alpha value is -3.28. The summed E-state index contributed by atoms with van der Waals surface area (Å²) in [6.45, 7) is 5.95. The molecule has 1 amide bonds. The van der Waals surface area contributed by atoms with Crippen molar-refractivity contribution in [3.05, 3.63) is 45.5 Å². The molecule has 0 bridgehead atoms. The number of ketones is 2. The summed E-state index contributed by atoms with van der Waals surface area (Å²) in [5.41, 5.74) is 1.77. The molecule has 42 heavy (non-hydrogen) atoms. The highest BCUT2D eigenvalue weighted by molar-refractivity contribution is 6.24. The van der Waals surface area contributed by atoms with Crippen molar-refractivity contribution in [2.75, 3.05) is 27.2 Å². The van der Waals surface area contributed by atoms with Crippen molar-refractivity contribution in [1.82, 2.24) is 9.80 Å². The number of amides is 1. The molecule has 0 saturated heterocycles. The Kier molecular flexibility index (Phi) is 7.52. The SMILES string of the molecule is CCN(Cc1cc(O)c2c(c1F)C[C@H]1C[C@H]3[C@H](N(C)C)C(=O)C(C(N)=O)=C(O)[C@@]3(O)C(=O)C1=C2O)CC1(CC)CCC1. The van der Waals surface area contributed by atoms with Crippen LogP contribution in [0.25, 0.3) is 5.76 Å². The molecule has 1 aromatic rings. The first-order valence-electron chi connectivity index (χ1n) is 14.6. The van der Waals surface area contributed by atoms with Gasteiger partial charge in [0.15, 0.2) is 11.4 Å². The Bertz CT molecular complexity index is 1420. The van der Waals surface area contributed by atoms with Crippen molar-refractivity contribution in [1.29, 1.82) is 0 Å². The maximum Gasteiger partial charge on any atom is 0.255 e. The van der Waals surface area contributed by atoms with Gasteiger partial charge in [-0.05, 0) is 70.1 Å². The lowest BCUT2D eigenvalue weighted by atomic mass is 9.57. The molecule has 4 aliphatic rings. The number of likely N-dealkylation sites (N-methyl/N-ethyl adjacent to an activating group) is 1. The van der Waals surface area contributed by atoms with E-state index in [1.165, 1.54) is 31.5 Å². The van der Waals surface area contributed by atoms with Gasteiger partial charge in [0.05, 0.1) is 11.6 Å². The number of aromatic hydroxyl groups is 1.